The van der Waals surface area contributed by atoms with Gasteiger partial charge >= 0.3 is 12.1 Å². The number of carboxylic acid groups (broad SMARTS) is 1. The van der Waals surface area contributed by atoms with Gasteiger partial charge in [-0.15, -0.1) is 0 Å². The fourth-order valence-electron chi connectivity index (χ4n) is 4.40. The molecule has 0 atom stereocenters. The largest absolute Gasteiger partial charge is 0.481 e. The molecule has 7 heteroatoms. The van der Waals surface area contributed by atoms with E-state index in [2.05, 4.69) is 34.9 Å². The number of aliphatic carboxylic acids is 1. The number of para-hydroxylation sites is 2. The minimum Gasteiger partial charge on any atom is -0.481 e. The second-order valence-corrected chi connectivity index (χ2v) is 8.50. The molecule has 1 aliphatic rings. The number of benzene rings is 3. The Morgan fingerprint density at radius 2 is 1.26 bits per heavy atom. The van der Waals surface area contributed by atoms with Crippen LogP contribution in [-0.2, 0) is 14.3 Å². The van der Waals surface area contributed by atoms with Crippen molar-refractivity contribution in [3.63, 3.8) is 0 Å². The molecule has 35 heavy (non-hydrogen) atoms. The van der Waals surface area contributed by atoms with Gasteiger partial charge in [0.15, 0.2) is 0 Å². The van der Waals surface area contributed by atoms with E-state index in [1.165, 1.54) is 0 Å². The summed E-state index contributed by atoms with van der Waals surface area (Å²) in [4.78, 5) is 35.5. The molecule has 2 amide bonds. The number of rotatable bonds is 10. The van der Waals surface area contributed by atoms with Gasteiger partial charge < -0.3 is 15.2 Å². The van der Waals surface area contributed by atoms with E-state index in [0.29, 0.717) is 30.6 Å². The zero-order chi connectivity index (χ0) is 24.6. The van der Waals surface area contributed by atoms with Gasteiger partial charge in [0, 0.05) is 18.8 Å². The van der Waals surface area contributed by atoms with Crippen molar-refractivity contribution in [3.05, 3.63) is 83.9 Å². The van der Waals surface area contributed by atoms with E-state index in [1.807, 2.05) is 24.3 Å². The number of hydrogen-bond donors (Lipinski definition) is 3. The van der Waals surface area contributed by atoms with Crippen molar-refractivity contribution >= 4 is 29.3 Å². The summed E-state index contributed by atoms with van der Waals surface area (Å²) in [6, 6.07) is 23.2. The zero-order valence-electron chi connectivity index (χ0n) is 19.3. The molecule has 0 unspecified atom stereocenters. The fraction of sp³-hybridized carbons (Fsp3) is 0.250. The van der Waals surface area contributed by atoms with Gasteiger partial charge in [0.25, 0.3) is 0 Å². The number of anilines is 2. The van der Waals surface area contributed by atoms with Crippen LogP contribution in [0, 0.1) is 0 Å². The lowest BCUT2D eigenvalue weighted by molar-refractivity contribution is -0.137. The topological polar surface area (TPSA) is 105 Å². The Labute approximate surface area is 204 Å². The molecule has 0 heterocycles. The van der Waals surface area contributed by atoms with Gasteiger partial charge in [0.2, 0.25) is 5.91 Å². The van der Waals surface area contributed by atoms with Crippen LogP contribution in [0.25, 0.3) is 11.1 Å². The first-order chi connectivity index (χ1) is 17.0. The molecule has 0 fully saturated rings. The summed E-state index contributed by atoms with van der Waals surface area (Å²) in [5, 5.41) is 14.2. The fourth-order valence-corrected chi connectivity index (χ4v) is 4.40. The van der Waals surface area contributed by atoms with Crippen LogP contribution < -0.4 is 10.6 Å². The maximum absolute atomic E-state index is 12.6. The average Bonchev–Trinajstić information content (AvgIpc) is 3.17. The molecule has 0 bridgehead atoms. The van der Waals surface area contributed by atoms with Crippen molar-refractivity contribution in [2.75, 3.05) is 17.2 Å². The van der Waals surface area contributed by atoms with Crippen molar-refractivity contribution in [1.82, 2.24) is 0 Å². The van der Waals surface area contributed by atoms with Gasteiger partial charge in [0.05, 0.1) is 11.4 Å². The number of carbonyl (C=O) groups is 3. The predicted molar refractivity (Wildman–Crippen MR) is 134 cm³/mol. The number of ether oxygens (including phenoxy) is 1. The quantitative estimate of drug-likeness (QED) is 0.313. The molecular weight excluding hydrogens is 444 g/mol. The monoisotopic (exact) mass is 472 g/mol. The molecule has 0 aromatic heterocycles. The predicted octanol–water partition coefficient (Wildman–Crippen LogP) is 6.02. The standard InChI is InChI=1S/C28H28N2O5/c31-26(16-2-1-3-17-27(32)33)29-24-14-8-9-15-25(24)30-28(34)35-18-23-21-12-6-4-10-19(21)20-11-5-7-13-22(20)23/h4-15,23H,1-3,16-18H2,(H,29,31)(H,30,34)(H,32,33). The van der Waals surface area contributed by atoms with Crippen LogP contribution in [0.3, 0.4) is 0 Å². The van der Waals surface area contributed by atoms with Gasteiger partial charge in [-0.25, -0.2) is 4.79 Å². The number of nitrogens with one attached hydrogen (secondary N) is 2. The van der Waals surface area contributed by atoms with Crippen molar-refractivity contribution < 1.29 is 24.2 Å². The number of carboxylic acids is 1. The smallest absolute Gasteiger partial charge is 0.411 e. The van der Waals surface area contributed by atoms with E-state index < -0.39 is 12.1 Å². The van der Waals surface area contributed by atoms with Crippen molar-refractivity contribution in [2.45, 2.75) is 38.0 Å². The molecule has 0 saturated carbocycles. The summed E-state index contributed by atoms with van der Waals surface area (Å²) >= 11 is 0. The van der Waals surface area contributed by atoms with E-state index in [9.17, 15) is 14.4 Å². The first kappa shape index (κ1) is 24.0. The van der Waals surface area contributed by atoms with Crippen LogP contribution in [0.5, 0.6) is 0 Å². The maximum Gasteiger partial charge on any atom is 0.411 e. The molecule has 3 N–H and O–H groups in total. The van der Waals surface area contributed by atoms with Crippen LogP contribution in [0.2, 0.25) is 0 Å². The van der Waals surface area contributed by atoms with E-state index in [4.69, 9.17) is 9.84 Å². The SMILES string of the molecule is O=C(O)CCCCCC(=O)Nc1ccccc1NC(=O)OCC1c2ccccc2-c2ccccc21. The summed E-state index contributed by atoms with van der Waals surface area (Å²) in [7, 11) is 0. The first-order valence-corrected chi connectivity index (χ1v) is 11.8. The Hall–Kier alpha value is -4.13. The van der Waals surface area contributed by atoms with Gasteiger partial charge in [0.1, 0.15) is 6.61 Å². The second-order valence-electron chi connectivity index (χ2n) is 8.50. The number of unbranched alkanes of at least 4 members (excludes halogenated alkanes) is 2. The number of fused-ring (bicyclic) bond motifs is 3. The highest BCUT2D eigenvalue weighted by atomic mass is 16.5. The molecule has 3 aromatic carbocycles. The number of hydrogen-bond acceptors (Lipinski definition) is 4. The minimum absolute atomic E-state index is 0.0378. The first-order valence-electron chi connectivity index (χ1n) is 11.8. The van der Waals surface area contributed by atoms with Crippen LogP contribution >= 0.6 is 0 Å². The van der Waals surface area contributed by atoms with Crippen molar-refractivity contribution in [3.8, 4) is 11.1 Å². The van der Waals surface area contributed by atoms with Gasteiger partial charge in [-0.1, -0.05) is 67.1 Å². The van der Waals surface area contributed by atoms with Crippen molar-refractivity contribution in [1.29, 1.82) is 0 Å². The van der Waals surface area contributed by atoms with Crippen LogP contribution in [0.4, 0.5) is 16.2 Å². The highest BCUT2D eigenvalue weighted by Gasteiger charge is 2.29. The highest BCUT2D eigenvalue weighted by Crippen LogP contribution is 2.44. The Bertz CT molecular complexity index is 1180. The molecule has 0 aliphatic heterocycles. The Morgan fingerprint density at radius 1 is 0.714 bits per heavy atom. The van der Waals surface area contributed by atoms with E-state index in [1.54, 1.807) is 24.3 Å². The van der Waals surface area contributed by atoms with Gasteiger partial charge in [-0.05, 0) is 47.2 Å². The van der Waals surface area contributed by atoms with E-state index >= 15 is 0 Å². The lowest BCUT2D eigenvalue weighted by Gasteiger charge is -2.16. The third-order valence-corrected chi connectivity index (χ3v) is 6.08. The molecule has 180 valence electrons. The molecule has 0 radical (unpaired) electrons. The summed E-state index contributed by atoms with van der Waals surface area (Å²) < 4.78 is 5.60. The zero-order valence-corrected chi connectivity index (χ0v) is 19.3. The normalized spacial score (nSPS) is 11.9. The number of amides is 2. The number of carbonyl (C=O) groups excluding carboxylic acids is 2. The van der Waals surface area contributed by atoms with Crippen LogP contribution in [0.1, 0.15) is 49.1 Å². The molecule has 0 spiro atoms. The summed E-state index contributed by atoms with van der Waals surface area (Å²) in [5.74, 6) is -1.06. The average molecular weight is 473 g/mol. The molecule has 3 aromatic rings. The lowest BCUT2D eigenvalue weighted by atomic mass is 9.98. The Kier molecular flexibility index (Phi) is 7.77. The Balaban J connectivity index is 1.32. The molecule has 4 rings (SSSR count). The maximum atomic E-state index is 12.6. The summed E-state index contributed by atoms with van der Waals surface area (Å²) in [6.45, 7) is 0.199. The van der Waals surface area contributed by atoms with E-state index in [0.717, 1.165) is 22.3 Å². The highest BCUT2D eigenvalue weighted by molar-refractivity contribution is 5.97. The minimum atomic E-state index is -0.831. The third kappa shape index (κ3) is 6.06. The lowest BCUT2D eigenvalue weighted by Crippen LogP contribution is -2.19. The van der Waals surface area contributed by atoms with E-state index in [-0.39, 0.29) is 31.3 Å². The summed E-state index contributed by atoms with van der Waals surface area (Å²) in [6.07, 6.45) is 1.60. The summed E-state index contributed by atoms with van der Waals surface area (Å²) in [5.41, 5.74) is 5.52. The van der Waals surface area contributed by atoms with Crippen LogP contribution in [0.15, 0.2) is 72.8 Å². The Morgan fingerprint density at radius 3 is 1.89 bits per heavy atom. The van der Waals surface area contributed by atoms with Gasteiger partial charge in [-0.2, -0.15) is 0 Å². The van der Waals surface area contributed by atoms with Crippen molar-refractivity contribution in [2.24, 2.45) is 0 Å². The molecule has 1 aliphatic carbocycles. The second kappa shape index (κ2) is 11.3. The molecule has 0 saturated heterocycles. The van der Waals surface area contributed by atoms with Crippen LogP contribution in [-0.4, -0.2) is 29.7 Å². The third-order valence-electron chi connectivity index (χ3n) is 6.08. The molecular formula is C28H28N2O5. The van der Waals surface area contributed by atoms with Gasteiger partial charge in [-0.3, -0.25) is 14.9 Å². The molecule has 7 nitrogen and oxygen atoms in total.